The minimum absolute atomic E-state index is 0.00797. The number of nitro benzene ring substituents is 1. The first kappa shape index (κ1) is 20.8. The lowest BCUT2D eigenvalue weighted by molar-refractivity contribution is -0.384. The van der Waals surface area contributed by atoms with Crippen LogP contribution < -0.4 is 10.1 Å². The van der Waals surface area contributed by atoms with Crippen LogP contribution in [0.15, 0.2) is 48.5 Å². The van der Waals surface area contributed by atoms with Crippen LogP contribution in [0.3, 0.4) is 0 Å². The molecule has 1 N–H and O–H groups in total. The third kappa shape index (κ3) is 7.70. The van der Waals surface area contributed by atoms with Crippen molar-refractivity contribution < 1.29 is 14.5 Å². The van der Waals surface area contributed by atoms with E-state index in [1.165, 1.54) is 29.5 Å². The van der Waals surface area contributed by atoms with E-state index in [0.29, 0.717) is 24.7 Å². The van der Waals surface area contributed by atoms with Gasteiger partial charge in [-0.1, -0.05) is 24.3 Å². The quantitative estimate of drug-likeness (QED) is 0.358. The second-order valence-corrected chi connectivity index (χ2v) is 6.93. The first-order valence-electron chi connectivity index (χ1n) is 8.88. The van der Waals surface area contributed by atoms with E-state index in [0.717, 1.165) is 24.2 Å². The second kappa shape index (κ2) is 11.2. The van der Waals surface area contributed by atoms with Crippen LogP contribution >= 0.6 is 11.8 Å². The predicted molar refractivity (Wildman–Crippen MR) is 108 cm³/mol. The number of ether oxygens (including phenoxy) is 1. The summed E-state index contributed by atoms with van der Waals surface area (Å²) in [4.78, 5) is 22.1. The molecule has 2 rings (SSSR count). The Balaban J connectivity index is 1.58. The Morgan fingerprint density at radius 2 is 1.78 bits per heavy atom. The number of non-ortho nitro benzene ring substituents is 1. The van der Waals surface area contributed by atoms with E-state index in [2.05, 4.69) is 5.32 Å². The Kier molecular flexibility index (Phi) is 8.64. The van der Waals surface area contributed by atoms with Gasteiger partial charge in [0.1, 0.15) is 5.75 Å². The van der Waals surface area contributed by atoms with E-state index < -0.39 is 4.92 Å². The van der Waals surface area contributed by atoms with E-state index in [1.807, 2.05) is 31.2 Å². The second-order valence-electron chi connectivity index (χ2n) is 5.95. The topological polar surface area (TPSA) is 81.5 Å². The van der Waals surface area contributed by atoms with Gasteiger partial charge in [0.05, 0.1) is 17.3 Å². The summed E-state index contributed by atoms with van der Waals surface area (Å²) in [6, 6.07) is 14.4. The van der Waals surface area contributed by atoms with Crippen LogP contribution in [-0.4, -0.2) is 29.7 Å². The fourth-order valence-electron chi connectivity index (χ4n) is 2.47. The number of carbonyl (C=O) groups excluding carboxylic acids is 1. The van der Waals surface area contributed by atoms with Crippen LogP contribution in [0.5, 0.6) is 5.75 Å². The van der Waals surface area contributed by atoms with Gasteiger partial charge in [-0.2, -0.15) is 0 Å². The van der Waals surface area contributed by atoms with Gasteiger partial charge >= 0.3 is 0 Å². The van der Waals surface area contributed by atoms with Gasteiger partial charge in [0.25, 0.3) is 5.69 Å². The summed E-state index contributed by atoms with van der Waals surface area (Å²) < 4.78 is 5.41. The molecule has 0 atom stereocenters. The summed E-state index contributed by atoms with van der Waals surface area (Å²) in [7, 11) is 0. The van der Waals surface area contributed by atoms with E-state index in [1.54, 1.807) is 12.1 Å². The molecule has 0 aromatic heterocycles. The summed E-state index contributed by atoms with van der Waals surface area (Å²) in [6.45, 7) is 3.26. The van der Waals surface area contributed by atoms with Crippen molar-refractivity contribution in [1.82, 2.24) is 5.32 Å². The molecule has 27 heavy (non-hydrogen) atoms. The number of nitro groups is 1. The maximum absolute atomic E-state index is 11.9. The fraction of sp³-hybridized carbons (Fsp3) is 0.350. The molecule has 0 saturated heterocycles. The molecule has 0 heterocycles. The number of carbonyl (C=O) groups is 1. The molecule has 1 amide bonds. The minimum atomic E-state index is -0.419. The molecular weight excluding hydrogens is 364 g/mol. The van der Waals surface area contributed by atoms with Gasteiger partial charge in [-0.15, -0.1) is 11.8 Å². The van der Waals surface area contributed by atoms with Crippen molar-refractivity contribution in [2.75, 3.05) is 18.9 Å². The number of thioether (sulfide) groups is 1. The summed E-state index contributed by atoms with van der Waals surface area (Å²) in [5.74, 6) is 1.91. The maximum Gasteiger partial charge on any atom is 0.269 e. The molecular formula is C20H24N2O4S. The number of hydrogen-bond donors (Lipinski definition) is 1. The Bertz CT molecular complexity index is 733. The van der Waals surface area contributed by atoms with Crippen molar-refractivity contribution in [2.24, 2.45) is 0 Å². The highest BCUT2D eigenvalue weighted by molar-refractivity contribution is 7.99. The first-order chi connectivity index (χ1) is 13.1. The smallest absolute Gasteiger partial charge is 0.269 e. The third-order valence-corrected chi connectivity index (χ3v) is 4.85. The number of rotatable bonds is 11. The molecule has 0 aliphatic rings. The number of aryl methyl sites for hydroxylation is 1. The van der Waals surface area contributed by atoms with E-state index in [4.69, 9.17) is 4.74 Å². The van der Waals surface area contributed by atoms with E-state index in [9.17, 15) is 14.9 Å². The molecule has 0 fully saturated rings. The van der Waals surface area contributed by atoms with Crippen LogP contribution in [0.25, 0.3) is 0 Å². The normalized spacial score (nSPS) is 10.4. The van der Waals surface area contributed by atoms with Crippen LogP contribution in [0.1, 0.15) is 24.5 Å². The standard InChI is InChI=1S/C20H24N2O4S/c1-2-26-19-11-7-16(8-12-19)4-3-13-21-20(23)15-27-14-17-5-9-18(10-6-17)22(24)25/h5-12H,2-4,13-15H2,1H3,(H,21,23). The highest BCUT2D eigenvalue weighted by Gasteiger charge is 2.05. The van der Waals surface area contributed by atoms with Crippen LogP contribution in [-0.2, 0) is 17.0 Å². The van der Waals surface area contributed by atoms with Gasteiger partial charge in [-0.3, -0.25) is 14.9 Å². The largest absolute Gasteiger partial charge is 0.494 e. The summed E-state index contributed by atoms with van der Waals surface area (Å²) in [5, 5.41) is 13.5. The number of hydrogen-bond acceptors (Lipinski definition) is 5. The van der Waals surface area contributed by atoms with Crippen LogP contribution in [0.4, 0.5) is 5.69 Å². The molecule has 7 heteroatoms. The molecule has 0 radical (unpaired) electrons. The van der Waals surface area contributed by atoms with Gasteiger partial charge in [0.15, 0.2) is 0 Å². The predicted octanol–water partition coefficient (Wildman–Crippen LogP) is 3.98. The van der Waals surface area contributed by atoms with Crippen molar-refractivity contribution in [3.8, 4) is 5.75 Å². The van der Waals surface area contributed by atoms with Gasteiger partial charge in [0.2, 0.25) is 5.91 Å². The number of amides is 1. The maximum atomic E-state index is 11.9. The zero-order valence-electron chi connectivity index (χ0n) is 15.3. The molecule has 0 saturated carbocycles. The Labute approximate surface area is 163 Å². The van der Waals surface area contributed by atoms with Crippen LogP contribution in [0, 0.1) is 10.1 Å². The van der Waals surface area contributed by atoms with E-state index in [-0.39, 0.29) is 11.6 Å². The van der Waals surface area contributed by atoms with Crippen molar-refractivity contribution in [3.05, 3.63) is 69.8 Å². The minimum Gasteiger partial charge on any atom is -0.494 e. The Hall–Kier alpha value is -2.54. The number of benzene rings is 2. The first-order valence-corrected chi connectivity index (χ1v) is 10.0. The molecule has 0 unspecified atom stereocenters. The lowest BCUT2D eigenvalue weighted by Gasteiger charge is -2.07. The molecule has 0 bridgehead atoms. The molecule has 0 aliphatic heterocycles. The van der Waals surface area contributed by atoms with Crippen molar-refractivity contribution in [1.29, 1.82) is 0 Å². The SMILES string of the molecule is CCOc1ccc(CCCNC(=O)CSCc2ccc([N+](=O)[O-])cc2)cc1. The molecule has 2 aromatic carbocycles. The summed E-state index contributed by atoms with van der Waals surface area (Å²) in [6.07, 6.45) is 1.79. The zero-order valence-corrected chi connectivity index (χ0v) is 16.2. The summed E-state index contributed by atoms with van der Waals surface area (Å²) in [5.41, 5.74) is 2.27. The Morgan fingerprint density at radius 1 is 1.11 bits per heavy atom. The number of nitrogens with one attached hydrogen (secondary N) is 1. The van der Waals surface area contributed by atoms with Gasteiger partial charge in [0, 0.05) is 24.4 Å². The lowest BCUT2D eigenvalue weighted by atomic mass is 10.1. The van der Waals surface area contributed by atoms with Crippen molar-refractivity contribution in [2.45, 2.75) is 25.5 Å². The van der Waals surface area contributed by atoms with Gasteiger partial charge in [-0.05, 0) is 43.0 Å². The average Bonchev–Trinajstić information content (AvgIpc) is 2.67. The number of nitrogens with zero attached hydrogens (tertiary/aromatic N) is 1. The lowest BCUT2D eigenvalue weighted by Crippen LogP contribution is -2.26. The highest BCUT2D eigenvalue weighted by Crippen LogP contribution is 2.16. The average molecular weight is 388 g/mol. The third-order valence-electron chi connectivity index (χ3n) is 3.85. The monoisotopic (exact) mass is 388 g/mol. The van der Waals surface area contributed by atoms with Crippen molar-refractivity contribution >= 4 is 23.4 Å². The van der Waals surface area contributed by atoms with Crippen LogP contribution in [0.2, 0.25) is 0 Å². The van der Waals surface area contributed by atoms with E-state index >= 15 is 0 Å². The Morgan fingerprint density at radius 3 is 2.41 bits per heavy atom. The summed E-state index contributed by atoms with van der Waals surface area (Å²) >= 11 is 1.49. The van der Waals surface area contributed by atoms with Gasteiger partial charge in [-0.25, -0.2) is 0 Å². The molecule has 0 aliphatic carbocycles. The highest BCUT2D eigenvalue weighted by atomic mass is 32.2. The van der Waals surface area contributed by atoms with Crippen molar-refractivity contribution in [3.63, 3.8) is 0 Å². The van der Waals surface area contributed by atoms with Gasteiger partial charge < -0.3 is 10.1 Å². The molecule has 0 spiro atoms. The molecule has 2 aromatic rings. The zero-order chi connectivity index (χ0) is 19.5. The molecule has 6 nitrogen and oxygen atoms in total. The fourth-order valence-corrected chi connectivity index (χ4v) is 3.28. The molecule has 144 valence electrons.